The lowest BCUT2D eigenvalue weighted by molar-refractivity contribution is -0.130. The van der Waals surface area contributed by atoms with Crippen molar-refractivity contribution in [3.8, 4) is 11.5 Å². The third-order valence-electron chi connectivity index (χ3n) is 6.86. The summed E-state index contributed by atoms with van der Waals surface area (Å²) in [5, 5.41) is 1.81. The molecule has 5 nitrogen and oxygen atoms in total. The molecule has 4 aromatic rings. The van der Waals surface area contributed by atoms with Gasteiger partial charge in [0.2, 0.25) is 5.91 Å². The number of hydrogen-bond acceptors (Lipinski definition) is 3. The number of benzene rings is 3. The highest BCUT2D eigenvalue weighted by Crippen LogP contribution is 2.38. The number of ether oxygens (including phenoxy) is 2. The summed E-state index contributed by atoms with van der Waals surface area (Å²) in [6, 6.07) is 20.0. The zero-order valence-corrected chi connectivity index (χ0v) is 22.1. The van der Waals surface area contributed by atoms with E-state index in [4.69, 9.17) is 21.1 Å². The van der Waals surface area contributed by atoms with Gasteiger partial charge in [0.25, 0.3) is 0 Å². The van der Waals surface area contributed by atoms with Gasteiger partial charge >= 0.3 is 0 Å². The quantitative estimate of drug-likeness (QED) is 0.264. The Labute approximate surface area is 218 Å². The van der Waals surface area contributed by atoms with Gasteiger partial charge in [0, 0.05) is 48.1 Å². The lowest BCUT2D eigenvalue weighted by atomic mass is 9.87. The van der Waals surface area contributed by atoms with Crippen molar-refractivity contribution in [2.75, 3.05) is 27.8 Å². The fourth-order valence-corrected chi connectivity index (χ4v) is 5.02. The summed E-state index contributed by atoms with van der Waals surface area (Å²) in [5.41, 5.74) is 5.52. The Bertz CT molecular complexity index is 1350. The molecule has 1 heterocycles. The van der Waals surface area contributed by atoms with E-state index >= 15 is 0 Å². The molecule has 0 fully saturated rings. The number of H-pyrrole nitrogens is 1. The first kappa shape index (κ1) is 25.6. The van der Waals surface area contributed by atoms with Gasteiger partial charge in [-0.25, -0.2) is 0 Å². The number of aromatic amines is 1. The van der Waals surface area contributed by atoms with Gasteiger partial charge in [0.15, 0.2) is 11.5 Å². The Morgan fingerprint density at radius 3 is 2.50 bits per heavy atom. The maximum Gasteiger partial charge on any atom is 0.223 e. The number of hydrogen-bond donors (Lipinski definition) is 1. The van der Waals surface area contributed by atoms with Crippen LogP contribution in [-0.2, 0) is 17.6 Å². The topological polar surface area (TPSA) is 54.6 Å². The number of aryl methyl sites for hydroxylation is 1. The van der Waals surface area contributed by atoms with Crippen molar-refractivity contribution < 1.29 is 14.3 Å². The second-order valence-electron chi connectivity index (χ2n) is 8.97. The number of nitrogens with one attached hydrogen (secondary N) is 1. The average molecular weight is 505 g/mol. The minimum atomic E-state index is -0.157. The first-order valence-electron chi connectivity index (χ1n) is 12.2. The van der Waals surface area contributed by atoms with Crippen LogP contribution in [0.1, 0.15) is 41.5 Å². The van der Waals surface area contributed by atoms with Gasteiger partial charge < -0.3 is 19.4 Å². The maximum atomic E-state index is 13.5. The number of carbonyl (C=O) groups is 1. The molecular weight excluding hydrogens is 472 g/mol. The maximum absolute atomic E-state index is 13.5. The number of aromatic nitrogens is 1. The molecule has 0 aliphatic carbocycles. The average Bonchev–Trinajstić information content (AvgIpc) is 3.34. The summed E-state index contributed by atoms with van der Waals surface area (Å²) in [6.07, 6.45) is 4.02. The molecule has 4 rings (SSSR count). The molecule has 0 radical (unpaired) electrons. The number of fused-ring (bicyclic) bond motifs is 1. The Kier molecular flexibility index (Phi) is 8.21. The summed E-state index contributed by atoms with van der Waals surface area (Å²) in [5.74, 6) is 1.30. The molecule has 1 N–H and O–H groups in total. The van der Waals surface area contributed by atoms with Crippen LogP contribution in [0.5, 0.6) is 11.5 Å². The Morgan fingerprint density at radius 1 is 1.00 bits per heavy atom. The Hall–Kier alpha value is -3.44. The van der Waals surface area contributed by atoms with Gasteiger partial charge in [-0.3, -0.25) is 4.79 Å². The van der Waals surface area contributed by atoms with Crippen molar-refractivity contribution in [3.05, 3.63) is 94.1 Å². The largest absolute Gasteiger partial charge is 0.493 e. The highest BCUT2D eigenvalue weighted by Gasteiger charge is 2.25. The van der Waals surface area contributed by atoms with E-state index in [0.717, 1.165) is 34.0 Å². The second kappa shape index (κ2) is 11.5. The van der Waals surface area contributed by atoms with Gasteiger partial charge in [-0.05, 0) is 53.3 Å². The van der Waals surface area contributed by atoms with E-state index in [9.17, 15) is 4.79 Å². The van der Waals surface area contributed by atoms with Crippen LogP contribution in [0.2, 0.25) is 5.02 Å². The molecule has 3 aromatic carbocycles. The summed E-state index contributed by atoms with van der Waals surface area (Å²) in [7, 11) is 5.10. The van der Waals surface area contributed by atoms with E-state index in [1.54, 1.807) is 19.1 Å². The summed E-state index contributed by atoms with van der Waals surface area (Å²) in [4.78, 5) is 18.7. The molecule has 1 amide bonds. The standard InChI is InChI=1S/C30H33ClN2O3/c1-5-21-9-8-11-23-25(19-32-30(21)23)24(22-10-6-7-12-26(22)31)18-29(34)33(2)16-15-20-13-14-27(35-3)28(17-20)36-4/h6-14,17,19,24,32H,5,15-16,18H2,1-4H3. The van der Waals surface area contributed by atoms with Crippen molar-refractivity contribution in [1.82, 2.24) is 9.88 Å². The number of nitrogens with zero attached hydrogens (tertiary/aromatic N) is 1. The smallest absolute Gasteiger partial charge is 0.223 e. The molecule has 0 bridgehead atoms. The Morgan fingerprint density at radius 2 is 1.78 bits per heavy atom. The van der Waals surface area contributed by atoms with Gasteiger partial charge in [0.05, 0.1) is 14.2 Å². The number of para-hydroxylation sites is 1. The highest BCUT2D eigenvalue weighted by molar-refractivity contribution is 6.31. The molecule has 0 saturated heterocycles. The molecule has 0 aliphatic rings. The fourth-order valence-electron chi connectivity index (χ4n) is 4.75. The third kappa shape index (κ3) is 5.36. The summed E-state index contributed by atoms with van der Waals surface area (Å²) in [6.45, 7) is 2.75. The van der Waals surface area contributed by atoms with Crippen LogP contribution in [0, 0.1) is 0 Å². The number of carbonyl (C=O) groups excluding carboxylic acids is 1. The second-order valence-corrected chi connectivity index (χ2v) is 9.38. The molecular formula is C30H33ClN2O3. The van der Waals surface area contributed by atoms with Gasteiger partial charge in [-0.1, -0.05) is 61.0 Å². The zero-order chi connectivity index (χ0) is 25.7. The van der Waals surface area contributed by atoms with Gasteiger partial charge in [-0.15, -0.1) is 0 Å². The van der Waals surface area contributed by atoms with E-state index in [-0.39, 0.29) is 11.8 Å². The SMILES string of the molecule is CCc1cccc2c(C(CC(=O)N(C)CCc3ccc(OC)c(OC)c3)c3ccccc3Cl)c[nH]c12. The third-order valence-corrected chi connectivity index (χ3v) is 7.20. The van der Waals surface area contributed by atoms with Crippen LogP contribution in [0.15, 0.2) is 66.9 Å². The van der Waals surface area contributed by atoms with E-state index in [0.29, 0.717) is 35.9 Å². The van der Waals surface area contributed by atoms with Gasteiger partial charge in [0.1, 0.15) is 0 Å². The normalized spacial score (nSPS) is 11.9. The lowest BCUT2D eigenvalue weighted by Gasteiger charge is -2.23. The first-order chi connectivity index (χ1) is 17.5. The number of methoxy groups -OCH3 is 2. The molecule has 188 valence electrons. The number of amides is 1. The van der Waals surface area contributed by atoms with E-state index in [2.05, 4.69) is 30.1 Å². The molecule has 36 heavy (non-hydrogen) atoms. The van der Waals surface area contributed by atoms with Gasteiger partial charge in [-0.2, -0.15) is 0 Å². The van der Waals surface area contributed by atoms with Crippen molar-refractivity contribution in [2.45, 2.75) is 32.1 Å². The molecule has 1 unspecified atom stereocenters. The Balaban J connectivity index is 1.57. The lowest BCUT2D eigenvalue weighted by Crippen LogP contribution is -2.30. The molecule has 0 spiro atoms. The minimum Gasteiger partial charge on any atom is -0.493 e. The molecule has 6 heteroatoms. The molecule has 0 saturated carbocycles. The molecule has 1 aromatic heterocycles. The monoisotopic (exact) mass is 504 g/mol. The predicted octanol–water partition coefficient (Wildman–Crippen LogP) is 6.62. The molecule has 1 atom stereocenters. The van der Waals surface area contributed by atoms with Crippen LogP contribution >= 0.6 is 11.6 Å². The van der Waals surface area contributed by atoms with Crippen LogP contribution in [0.25, 0.3) is 10.9 Å². The van der Waals surface area contributed by atoms with E-state index in [1.165, 1.54) is 5.56 Å². The first-order valence-corrected chi connectivity index (χ1v) is 12.6. The number of halogens is 1. The van der Waals surface area contributed by atoms with Crippen LogP contribution in [-0.4, -0.2) is 43.6 Å². The van der Waals surface area contributed by atoms with Crippen LogP contribution in [0.3, 0.4) is 0 Å². The van der Waals surface area contributed by atoms with Crippen molar-refractivity contribution in [1.29, 1.82) is 0 Å². The number of rotatable bonds is 10. The predicted molar refractivity (Wildman–Crippen MR) is 146 cm³/mol. The summed E-state index contributed by atoms with van der Waals surface area (Å²) < 4.78 is 10.7. The highest BCUT2D eigenvalue weighted by atomic mass is 35.5. The van der Waals surface area contributed by atoms with Crippen molar-refractivity contribution in [3.63, 3.8) is 0 Å². The zero-order valence-electron chi connectivity index (χ0n) is 21.3. The minimum absolute atomic E-state index is 0.0707. The van der Waals surface area contributed by atoms with E-state index < -0.39 is 0 Å². The summed E-state index contributed by atoms with van der Waals surface area (Å²) >= 11 is 6.65. The fraction of sp³-hybridized carbons (Fsp3) is 0.300. The molecule has 0 aliphatic heterocycles. The van der Waals surface area contributed by atoms with Crippen LogP contribution in [0.4, 0.5) is 0 Å². The number of likely N-dealkylation sites (N-methyl/N-ethyl adjacent to an activating group) is 1. The van der Waals surface area contributed by atoms with Crippen molar-refractivity contribution >= 4 is 28.4 Å². The van der Waals surface area contributed by atoms with Crippen molar-refractivity contribution in [2.24, 2.45) is 0 Å². The van der Waals surface area contributed by atoms with Crippen LogP contribution < -0.4 is 9.47 Å². The van der Waals surface area contributed by atoms with E-state index in [1.807, 2.05) is 55.7 Å².